The molecule has 110 valence electrons. The van der Waals surface area contributed by atoms with E-state index in [2.05, 4.69) is 30.9 Å². The molecule has 22 heavy (non-hydrogen) atoms. The van der Waals surface area contributed by atoms with E-state index in [9.17, 15) is 4.79 Å². The SMILES string of the molecule is Cc1ccc(NC(=O)c2ccc(N)cc2-c2nn[nH]n2)nc1. The number of carbonyl (C=O) groups is 1. The molecular weight excluding hydrogens is 282 g/mol. The number of H-pyrrole nitrogens is 1. The van der Waals surface area contributed by atoms with E-state index in [0.29, 0.717) is 28.5 Å². The first-order valence-corrected chi connectivity index (χ1v) is 6.51. The van der Waals surface area contributed by atoms with Gasteiger partial charge in [0.2, 0.25) is 5.82 Å². The number of hydrogen-bond acceptors (Lipinski definition) is 6. The highest BCUT2D eigenvalue weighted by molar-refractivity contribution is 6.08. The van der Waals surface area contributed by atoms with Crippen LogP contribution in [0.2, 0.25) is 0 Å². The van der Waals surface area contributed by atoms with Crippen LogP contribution in [0.1, 0.15) is 15.9 Å². The number of amides is 1. The summed E-state index contributed by atoms with van der Waals surface area (Å²) in [6, 6.07) is 8.48. The van der Waals surface area contributed by atoms with Crippen molar-refractivity contribution in [2.75, 3.05) is 11.1 Å². The lowest BCUT2D eigenvalue weighted by molar-refractivity contribution is 0.102. The molecule has 1 aromatic carbocycles. The zero-order valence-corrected chi connectivity index (χ0v) is 11.7. The summed E-state index contributed by atoms with van der Waals surface area (Å²) in [5.74, 6) is 0.442. The first kappa shape index (κ1) is 13.7. The largest absolute Gasteiger partial charge is 0.399 e. The van der Waals surface area contributed by atoms with Crippen molar-refractivity contribution in [1.82, 2.24) is 25.6 Å². The van der Waals surface area contributed by atoms with Crippen LogP contribution < -0.4 is 11.1 Å². The molecule has 0 bridgehead atoms. The van der Waals surface area contributed by atoms with Crippen molar-refractivity contribution in [3.8, 4) is 11.4 Å². The predicted octanol–water partition coefficient (Wildman–Crippen LogP) is 1.40. The monoisotopic (exact) mass is 295 g/mol. The lowest BCUT2D eigenvalue weighted by atomic mass is 10.1. The second-order valence-electron chi connectivity index (χ2n) is 4.72. The Bertz CT molecular complexity index is 797. The van der Waals surface area contributed by atoms with Gasteiger partial charge in [-0.25, -0.2) is 4.98 Å². The number of nitrogens with one attached hydrogen (secondary N) is 2. The third-order valence-corrected chi connectivity index (χ3v) is 3.03. The number of aromatic nitrogens is 5. The minimum absolute atomic E-state index is 0.300. The van der Waals surface area contributed by atoms with Crippen molar-refractivity contribution < 1.29 is 4.79 Å². The molecule has 1 amide bonds. The topological polar surface area (TPSA) is 122 Å². The number of rotatable bonds is 3. The van der Waals surface area contributed by atoms with Crippen molar-refractivity contribution in [3.05, 3.63) is 47.7 Å². The van der Waals surface area contributed by atoms with Crippen molar-refractivity contribution >= 4 is 17.4 Å². The summed E-state index contributed by atoms with van der Waals surface area (Å²) in [5.41, 5.74) is 8.17. The zero-order valence-electron chi connectivity index (χ0n) is 11.7. The minimum Gasteiger partial charge on any atom is -0.399 e. The number of carbonyl (C=O) groups excluding carboxylic acids is 1. The van der Waals surface area contributed by atoms with Crippen LogP contribution in [-0.4, -0.2) is 31.5 Å². The standard InChI is InChI=1S/C14H13N7O/c1-8-2-5-12(16-7-8)17-14(22)10-4-3-9(15)6-11(10)13-18-20-21-19-13/h2-7H,15H2,1H3,(H,16,17,22)(H,18,19,20,21). The Morgan fingerprint density at radius 1 is 1.27 bits per heavy atom. The van der Waals surface area contributed by atoms with Gasteiger partial charge in [0.15, 0.2) is 0 Å². The molecule has 0 aliphatic heterocycles. The third-order valence-electron chi connectivity index (χ3n) is 3.03. The molecule has 0 aliphatic carbocycles. The van der Waals surface area contributed by atoms with Crippen LogP contribution in [-0.2, 0) is 0 Å². The normalized spacial score (nSPS) is 10.4. The molecular formula is C14H13N7O. The van der Waals surface area contributed by atoms with Gasteiger partial charge in [-0.1, -0.05) is 6.07 Å². The number of nitrogens with two attached hydrogens (primary N) is 1. The second kappa shape index (κ2) is 5.60. The number of tetrazole rings is 1. The van der Waals surface area contributed by atoms with Gasteiger partial charge >= 0.3 is 0 Å². The number of anilines is 2. The van der Waals surface area contributed by atoms with E-state index < -0.39 is 0 Å². The highest BCUT2D eigenvalue weighted by Crippen LogP contribution is 2.23. The van der Waals surface area contributed by atoms with Gasteiger partial charge in [-0.05, 0) is 42.0 Å². The number of pyridine rings is 1. The van der Waals surface area contributed by atoms with E-state index >= 15 is 0 Å². The van der Waals surface area contributed by atoms with Gasteiger partial charge in [0.25, 0.3) is 5.91 Å². The van der Waals surface area contributed by atoms with Crippen molar-refractivity contribution in [3.63, 3.8) is 0 Å². The average Bonchev–Trinajstić information content (AvgIpc) is 3.03. The third kappa shape index (κ3) is 2.75. The predicted molar refractivity (Wildman–Crippen MR) is 81.0 cm³/mol. The molecule has 0 aliphatic rings. The number of benzene rings is 1. The molecule has 0 radical (unpaired) electrons. The van der Waals surface area contributed by atoms with Crippen LogP contribution in [0.4, 0.5) is 11.5 Å². The Kier molecular flexibility index (Phi) is 3.48. The number of aryl methyl sites for hydroxylation is 1. The van der Waals surface area contributed by atoms with Crippen LogP contribution in [0.15, 0.2) is 36.5 Å². The van der Waals surface area contributed by atoms with E-state index in [0.717, 1.165) is 5.56 Å². The van der Waals surface area contributed by atoms with Crippen molar-refractivity contribution in [1.29, 1.82) is 0 Å². The van der Waals surface area contributed by atoms with Gasteiger partial charge in [-0.3, -0.25) is 4.79 Å². The van der Waals surface area contributed by atoms with Gasteiger partial charge in [0.05, 0.1) is 5.56 Å². The van der Waals surface area contributed by atoms with Crippen molar-refractivity contribution in [2.45, 2.75) is 6.92 Å². The summed E-state index contributed by atoms with van der Waals surface area (Å²) in [4.78, 5) is 16.6. The summed E-state index contributed by atoms with van der Waals surface area (Å²) in [6.07, 6.45) is 1.68. The van der Waals surface area contributed by atoms with Gasteiger partial charge in [0.1, 0.15) is 5.82 Å². The smallest absolute Gasteiger partial charge is 0.257 e. The summed E-state index contributed by atoms with van der Waals surface area (Å²) >= 11 is 0. The summed E-state index contributed by atoms with van der Waals surface area (Å²) in [7, 11) is 0. The second-order valence-corrected chi connectivity index (χ2v) is 4.72. The van der Waals surface area contributed by atoms with E-state index in [1.54, 1.807) is 30.5 Å². The molecule has 4 N–H and O–H groups in total. The highest BCUT2D eigenvalue weighted by Gasteiger charge is 2.16. The number of nitrogen functional groups attached to an aromatic ring is 1. The van der Waals surface area contributed by atoms with Gasteiger partial charge in [-0.15, -0.1) is 10.2 Å². The molecule has 2 aromatic heterocycles. The Labute approximate surface area is 125 Å². The zero-order chi connectivity index (χ0) is 15.5. The van der Waals surface area contributed by atoms with Crippen LogP contribution in [0.25, 0.3) is 11.4 Å². The Morgan fingerprint density at radius 3 is 2.82 bits per heavy atom. The molecule has 0 atom stereocenters. The Morgan fingerprint density at radius 2 is 2.14 bits per heavy atom. The molecule has 2 heterocycles. The lowest BCUT2D eigenvalue weighted by Gasteiger charge is -2.08. The van der Waals surface area contributed by atoms with Gasteiger partial charge in [0, 0.05) is 17.4 Å². The number of nitrogens with zero attached hydrogens (tertiary/aromatic N) is 4. The maximum absolute atomic E-state index is 12.4. The first-order chi connectivity index (χ1) is 10.6. The molecule has 0 fully saturated rings. The van der Waals surface area contributed by atoms with E-state index in [1.807, 2.05) is 13.0 Å². The summed E-state index contributed by atoms with van der Waals surface area (Å²) in [5, 5.41) is 16.4. The molecule has 0 saturated heterocycles. The van der Waals surface area contributed by atoms with E-state index in [1.165, 1.54) is 0 Å². The number of hydrogen-bond donors (Lipinski definition) is 3. The average molecular weight is 295 g/mol. The molecule has 3 aromatic rings. The fraction of sp³-hybridized carbons (Fsp3) is 0.0714. The van der Waals surface area contributed by atoms with E-state index in [4.69, 9.17) is 5.73 Å². The molecule has 0 saturated carbocycles. The quantitative estimate of drug-likeness (QED) is 0.628. The minimum atomic E-state index is -0.323. The Hall–Kier alpha value is -3.29. The fourth-order valence-corrected chi connectivity index (χ4v) is 1.95. The molecule has 3 rings (SSSR count). The molecule has 8 nitrogen and oxygen atoms in total. The van der Waals surface area contributed by atoms with Crippen LogP contribution in [0.3, 0.4) is 0 Å². The number of aromatic amines is 1. The van der Waals surface area contributed by atoms with Crippen molar-refractivity contribution in [2.24, 2.45) is 0 Å². The molecule has 8 heteroatoms. The van der Waals surface area contributed by atoms with Crippen LogP contribution >= 0.6 is 0 Å². The van der Waals surface area contributed by atoms with Gasteiger partial charge in [-0.2, -0.15) is 5.21 Å². The van der Waals surface area contributed by atoms with Crippen LogP contribution in [0.5, 0.6) is 0 Å². The fourth-order valence-electron chi connectivity index (χ4n) is 1.95. The summed E-state index contributed by atoms with van der Waals surface area (Å²) in [6.45, 7) is 1.92. The maximum atomic E-state index is 12.4. The van der Waals surface area contributed by atoms with E-state index in [-0.39, 0.29) is 5.91 Å². The van der Waals surface area contributed by atoms with Crippen LogP contribution in [0, 0.1) is 6.92 Å². The highest BCUT2D eigenvalue weighted by atomic mass is 16.1. The first-order valence-electron chi connectivity index (χ1n) is 6.51. The Balaban J connectivity index is 1.94. The summed E-state index contributed by atoms with van der Waals surface area (Å²) < 4.78 is 0. The molecule has 0 spiro atoms. The van der Waals surface area contributed by atoms with Gasteiger partial charge < -0.3 is 11.1 Å². The lowest BCUT2D eigenvalue weighted by Crippen LogP contribution is -2.14. The maximum Gasteiger partial charge on any atom is 0.257 e. The molecule has 0 unspecified atom stereocenters.